The van der Waals surface area contributed by atoms with Gasteiger partial charge in [0, 0.05) is 12.7 Å². The molecule has 0 radical (unpaired) electrons. The summed E-state index contributed by atoms with van der Waals surface area (Å²) >= 11 is 5.65. The lowest BCUT2D eigenvalue weighted by Gasteiger charge is -2.09. The Morgan fingerprint density at radius 1 is 1.50 bits per heavy atom. The molecule has 0 aromatic carbocycles. The van der Waals surface area contributed by atoms with Gasteiger partial charge in [0.15, 0.2) is 0 Å². The molecule has 0 aliphatic carbocycles. The van der Waals surface area contributed by atoms with E-state index in [0.29, 0.717) is 6.54 Å². The van der Waals surface area contributed by atoms with E-state index in [-0.39, 0.29) is 10.7 Å². The predicted octanol–water partition coefficient (Wildman–Crippen LogP) is 1.71. The van der Waals surface area contributed by atoms with Crippen molar-refractivity contribution in [2.75, 3.05) is 27.2 Å². The minimum Gasteiger partial charge on any atom is -0.352 e. The van der Waals surface area contributed by atoms with Gasteiger partial charge in [0.05, 0.1) is 4.92 Å². The number of hydrogen-bond donors (Lipinski definition) is 1. The van der Waals surface area contributed by atoms with E-state index in [1.165, 1.54) is 12.3 Å². The van der Waals surface area contributed by atoms with Crippen LogP contribution in [0.5, 0.6) is 0 Å². The molecule has 20 heavy (non-hydrogen) atoms. The zero-order valence-electron chi connectivity index (χ0n) is 11.4. The summed E-state index contributed by atoms with van der Waals surface area (Å²) in [5.74, 6) is -0.508. The van der Waals surface area contributed by atoms with Crippen LogP contribution >= 0.6 is 11.6 Å². The number of unbranched alkanes of at least 4 members (excludes halogenated alkanes) is 1. The maximum absolute atomic E-state index is 11.9. The van der Waals surface area contributed by atoms with Crippen LogP contribution in [-0.2, 0) is 0 Å². The fourth-order valence-corrected chi connectivity index (χ4v) is 1.86. The molecule has 110 valence electrons. The smallest absolute Gasteiger partial charge is 0.319 e. The quantitative estimate of drug-likeness (QED) is 0.358. The second kappa shape index (κ2) is 7.76. The fourth-order valence-electron chi connectivity index (χ4n) is 1.64. The molecule has 8 heteroatoms. The number of nitro groups is 1. The molecule has 0 fully saturated rings. The van der Waals surface area contributed by atoms with Gasteiger partial charge >= 0.3 is 5.69 Å². The summed E-state index contributed by atoms with van der Waals surface area (Å²) in [6, 6.07) is 1.29. The number of nitrogens with zero attached hydrogens (tertiary/aromatic N) is 3. The van der Waals surface area contributed by atoms with Crippen molar-refractivity contribution in [2.24, 2.45) is 0 Å². The number of amides is 1. The molecule has 1 aromatic heterocycles. The van der Waals surface area contributed by atoms with Crippen LogP contribution in [0.4, 0.5) is 5.69 Å². The van der Waals surface area contributed by atoms with Crippen LogP contribution < -0.4 is 5.32 Å². The van der Waals surface area contributed by atoms with Crippen LogP contribution in [0.25, 0.3) is 0 Å². The Kier molecular flexibility index (Phi) is 6.33. The van der Waals surface area contributed by atoms with Gasteiger partial charge in [0.1, 0.15) is 5.56 Å². The molecule has 1 heterocycles. The van der Waals surface area contributed by atoms with E-state index >= 15 is 0 Å². The first-order valence-corrected chi connectivity index (χ1v) is 6.53. The first-order chi connectivity index (χ1) is 9.43. The van der Waals surface area contributed by atoms with E-state index in [0.717, 1.165) is 19.4 Å². The summed E-state index contributed by atoms with van der Waals surface area (Å²) in [4.78, 5) is 27.8. The number of aromatic nitrogens is 1. The third kappa shape index (κ3) is 4.75. The number of rotatable bonds is 7. The maximum atomic E-state index is 11.9. The highest BCUT2D eigenvalue weighted by molar-refractivity contribution is 6.32. The van der Waals surface area contributed by atoms with Crippen LogP contribution in [0.15, 0.2) is 12.3 Å². The summed E-state index contributed by atoms with van der Waals surface area (Å²) < 4.78 is 0. The molecule has 1 amide bonds. The van der Waals surface area contributed by atoms with Crippen LogP contribution in [0.1, 0.15) is 23.2 Å². The molecule has 7 nitrogen and oxygen atoms in total. The second-order valence-electron chi connectivity index (χ2n) is 4.52. The van der Waals surface area contributed by atoms with E-state index in [1.807, 2.05) is 14.1 Å². The normalized spacial score (nSPS) is 10.6. The number of carbonyl (C=O) groups excluding carboxylic acids is 1. The first kappa shape index (κ1) is 16.3. The van der Waals surface area contributed by atoms with Crippen LogP contribution in [0.2, 0.25) is 5.15 Å². The van der Waals surface area contributed by atoms with Crippen molar-refractivity contribution in [2.45, 2.75) is 12.8 Å². The van der Waals surface area contributed by atoms with Gasteiger partial charge in [0.2, 0.25) is 5.15 Å². The van der Waals surface area contributed by atoms with Gasteiger partial charge in [-0.05, 0) is 39.5 Å². The Hall–Kier alpha value is -1.73. The first-order valence-electron chi connectivity index (χ1n) is 6.15. The van der Waals surface area contributed by atoms with E-state index in [9.17, 15) is 14.9 Å². The van der Waals surface area contributed by atoms with Crippen molar-refractivity contribution in [3.8, 4) is 0 Å². The minimum atomic E-state index is -0.698. The standard InChI is InChI=1S/C12H17ClN4O3/c1-16(2)8-4-3-6-15-12(18)9-5-7-14-11(13)10(9)17(19)20/h5,7H,3-4,6,8H2,1-2H3,(H,15,18). The monoisotopic (exact) mass is 300 g/mol. The van der Waals surface area contributed by atoms with E-state index in [2.05, 4.69) is 15.2 Å². The largest absolute Gasteiger partial charge is 0.352 e. The predicted molar refractivity (Wildman–Crippen MR) is 76.0 cm³/mol. The third-order valence-corrected chi connectivity index (χ3v) is 2.90. The zero-order valence-corrected chi connectivity index (χ0v) is 12.2. The van der Waals surface area contributed by atoms with Crippen molar-refractivity contribution >= 4 is 23.2 Å². The van der Waals surface area contributed by atoms with Crippen molar-refractivity contribution in [3.05, 3.63) is 33.1 Å². The fraction of sp³-hybridized carbons (Fsp3) is 0.500. The average Bonchev–Trinajstić information content (AvgIpc) is 2.36. The van der Waals surface area contributed by atoms with Crippen molar-refractivity contribution in [3.63, 3.8) is 0 Å². The molecule has 0 saturated carbocycles. The van der Waals surface area contributed by atoms with Gasteiger partial charge in [-0.25, -0.2) is 4.98 Å². The summed E-state index contributed by atoms with van der Waals surface area (Å²) in [5.41, 5.74) is -0.525. The number of halogens is 1. The molecule has 1 N–H and O–H groups in total. The zero-order chi connectivity index (χ0) is 15.1. The van der Waals surface area contributed by atoms with Crippen molar-refractivity contribution in [1.29, 1.82) is 0 Å². The Bertz CT molecular complexity index is 494. The summed E-state index contributed by atoms with van der Waals surface area (Å²) in [6.07, 6.45) is 3.01. The summed E-state index contributed by atoms with van der Waals surface area (Å²) in [7, 11) is 3.95. The molecule has 0 unspecified atom stereocenters. The Morgan fingerprint density at radius 2 is 2.20 bits per heavy atom. The molecule has 1 rings (SSSR count). The summed E-state index contributed by atoms with van der Waals surface area (Å²) in [6.45, 7) is 1.39. The molecule has 0 spiro atoms. The van der Waals surface area contributed by atoms with Crippen molar-refractivity contribution < 1.29 is 9.72 Å². The van der Waals surface area contributed by atoms with Crippen LogP contribution in [-0.4, -0.2) is 47.9 Å². The number of pyridine rings is 1. The molecule has 0 bridgehead atoms. The highest BCUT2D eigenvalue weighted by Crippen LogP contribution is 2.25. The van der Waals surface area contributed by atoms with Crippen LogP contribution in [0, 0.1) is 10.1 Å². The molecule has 0 saturated heterocycles. The molecule has 1 aromatic rings. The lowest BCUT2D eigenvalue weighted by atomic mass is 10.2. The van der Waals surface area contributed by atoms with Gasteiger partial charge in [-0.2, -0.15) is 0 Å². The highest BCUT2D eigenvalue weighted by Gasteiger charge is 2.24. The van der Waals surface area contributed by atoms with Gasteiger partial charge in [-0.15, -0.1) is 0 Å². The Labute approximate surface area is 122 Å². The second-order valence-corrected chi connectivity index (χ2v) is 4.88. The Morgan fingerprint density at radius 3 is 2.80 bits per heavy atom. The molecular formula is C12H17ClN4O3. The molecule has 0 aliphatic heterocycles. The van der Waals surface area contributed by atoms with E-state index in [4.69, 9.17) is 11.6 Å². The van der Waals surface area contributed by atoms with Crippen LogP contribution in [0.3, 0.4) is 0 Å². The lowest BCUT2D eigenvalue weighted by Crippen LogP contribution is -2.26. The topological polar surface area (TPSA) is 88.4 Å². The van der Waals surface area contributed by atoms with E-state index < -0.39 is 16.5 Å². The lowest BCUT2D eigenvalue weighted by molar-refractivity contribution is -0.385. The number of nitrogens with one attached hydrogen (secondary N) is 1. The Balaban J connectivity index is 2.60. The van der Waals surface area contributed by atoms with Gasteiger partial charge in [0.25, 0.3) is 5.91 Å². The number of hydrogen-bond acceptors (Lipinski definition) is 5. The summed E-state index contributed by atoms with van der Waals surface area (Å²) in [5, 5.41) is 13.3. The SMILES string of the molecule is CN(C)CCCCNC(=O)c1ccnc(Cl)c1[N+](=O)[O-]. The van der Waals surface area contributed by atoms with Gasteiger partial charge in [-0.1, -0.05) is 11.6 Å². The van der Waals surface area contributed by atoms with E-state index in [1.54, 1.807) is 0 Å². The van der Waals surface area contributed by atoms with Crippen molar-refractivity contribution in [1.82, 2.24) is 15.2 Å². The highest BCUT2D eigenvalue weighted by atomic mass is 35.5. The molecular weight excluding hydrogens is 284 g/mol. The van der Waals surface area contributed by atoms with Gasteiger partial charge < -0.3 is 10.2 Å². The minimum absolute atomic E-state index is 0.0670. The maximum Gasteiger partial charge on any atom is 0.319 e. The average molecular weight is 301 g/mol. The molecule has 0 atom stereocenters. The number of carbonyl (C=O) groups is 1. The third-order valence-electron chi connectivity index (χ3n) is 2.62. The molecule has 0 aliphatic rings. The van der Waals surface area contributed by atoms with Gasteiger partial charge in [-0.3, -0.25) is 14.9 Å².